The van der Waals surface area contributed by atoms with Crippen molar-refractivity contribution in [3.63, 3.8) is 0 Å². The molecule has 0 aliphatic heterocycles. The van der Waals surface area contributed by atoms with Crippen LogP contribution in [0.2, 0.25) is 19.6 Å². The Bertz CT molecular complexity index is 179. The molecule has 0 spiro atoms. The quantitative estimate of drug-likeness (QED) is 0.465. The fourth-order valence-corrected chi connectivity index (χ4v) is 2.47. The summed E-state index contributed by atoms with van der Waals surface area (Å²) in [6.45, 7) is 13.4. The molecule has 0 heterocycles. The molecule has 0 saturated carbocycles. The van der Waals surface area contributed by atoms with Crippen LogP contribution in [0.15, 0.2) is 11.8 Å². The number of rotatable bonds is 6. The van der Waals surface area contributed by atoms with Gasteiger partial charge in [0.2, 0.25) is 8.32 Å². The van der Waals surface area contributed by atoms with Gasteiger partial charge in [0, 0.05) is 5.92 Å². The molecule has 0 aromatic rings. The Morgan fingerprint density at radius 3 is 2.21 bits per heavy atom. The van der Waals surface area contributed by atoms with Crippen LogP contribution in [0.1, 0.15) is 40.0 Å². The Kier molecular flexibility index (Phi) is 6.17. The molecule has 2 heteroatoms. The van der Waals surface area contributed by atoms with Crippen molar-refractivity contribution in [1.29, 1.82) is 0 Å². The highest BCUT2D eigenvalue weighted by Crippen LogP contribution is 2.22. The predicted octanol–water partition coefficient (Wildman–Crippen LogP) is 4.57. The maximum absolute atomic E-state index is 6.09. The smallest absolute Gasteiger partial charge is 0.241 e. The van der Waals surface area contributed by atoms with Gasteiger partial charge in [-0.3, -0.25) is 0 Å². The minimum absolute atomic E-state index is 0.590. The molecule has 0 aromatic carbocycles. The first-order valence-corrected chi connectivity index (χ1v) is 9.20. The van der Waals surface area contributed by atoms with E-state index in [1.165, 1.54) is 18.6 Å². The minimum Gasteiger partial charge on any atom is -0.547 e. The molecule has 84 valence electrons. The topological polar surface area (TPSA) is 9.23 Å². The van der Waals surface area contributed by atoms with Gasteiger partial charge in [-0.2, -0.15) is 0 Å². The van der Waals surface area contributed by atoms with Gasteiger partial charge in [-0.25, -0.2) is 0 Å². The van der Waals surface area contributed by atoms with Gasteiger partial charge in [0.05, 0.1) is 5.76 Å². The molecule has 0 radical (unpaired) electrons. The van der Waals surface area contributed by atoms with Gasteiger partial charge in [0.15, 0.2) is 0 Å². The van der Waals surface area contributed by atoms with Crippen molar-refractivity contribution in [2.75, 3.05) is 0 Å². The predicted molar refractivity (Wildman–Crippen MR) is 66.9 cm³/mol. The molecule has 0 amide bonds. The second kappa shape index (κ2) is 6.28. The number of hydrogen-bond donors (Lipinski definition) is 0. The Balaban J connectivity index is 4.37. The number of allylic oxidation sites excluding steroid dienone is 2. The lowest BCUT2D eigenvalue weighted by molar-refractivity contribution is 0.339. The van der Waals surface area contributed by atoms with E-state index < -0.39 is 8.32 Å². The summed E-state index contributed by atoms with van der Waals surface area (Å²) in [4.78, 5) is 0. The van der Waals surface area contributed by atoms with Gasteiger partial charge in [-0.05, 0) is 38.6 Å². The van der Waals surface area contributed by atoms with Crippen molar-refractivity contribution in [2.24, 2.45) is 5.92 Å². The average Bonchev–Trinajstić information content (AvgIpc) is 2.01. The van der Waals surface area contributed by atoms with Crippen molar-refractivity contribution < 1.29 is 4.43 Å². The fraction of sp³-hybridized carbons (Fsp3) is 0.833. The van der Waals surface area contributed by atoms with Gasteiger partial charge >= 0.3 is 0 Å². The SMILES string of the molecule is CC/C=C(\O[Si](C)(C)C)C(C)CCC. The van der Waals surface area contributed by atoms with Crippen molar-refractivity contribution in [3.8, 4) is 0 Å². The molecule has 0 fully saturated rings. The van der Waals surface area contributed by atoms with E-state index in [0.29, 0.717) is 5.92 Å². The second-order valence-corrected chi connectivity index (χ2v) is 9.35. The third-order valence-corrected chi connectivity index (χ3v) is 2.88. The highest BCUT2D eigenvalue weighted by molar-refractivity contribution is 6.70. The molecular formula is C12H26OSi. The summed E-state index contributed by atoms with van der Waals surface area (Å²) in [5, 5.41) is 0. The van der Waals surface area contributed by atoms with E-state index in [4.69, 9.17) is 4.43 Å². The summed E-state index contributed by atoms with van der Waals surface area (Å²) in [6.07, 6.45) is 5.79. The third-order valence-electron chi connectivity index (χ3n) is 2.04. The standard InChI is InChI=1S/C12H26OSi/c1-7-9-11(3)12(10-8-2)13-14(4,5)6/h10-11H,7-9H2,1-6H3/b12-10-. The summed E-state index contributed by atoms with van der Waals surface area (Å²) in [7, 11) is -1.42. The van der Waals surface area contributed by atoms with Crippen LogP contribution in [-0.2, 0) is 4.43 Å². The molecule has 0 aliphatic rings. The first kappa shape index (κ1) is 13.8. The first-order chi connectivity index (χ1) is 6.40. The Labute approximate surface area is 90.7 Å². The highest BCUT2D eigenvalue weighted by Gasteiger charge is 2.20. The van der Waals surface area contributed by atoms with Crippen LogP contribution in [-0.4, -0.2) is 8.32 Å². The van der Waals surface area contributed by atoms with Crippen molar-refractivity contribution in [1.82, 2.24) is 0 Å². The van der Waals surface area contributed by atoms with E-state index in [2.05, 4.69) is 46.5 Å². The van der Waals surface area contributed by atoms with Crippen molar-refractivity contribution in [3.05, 3.63) is 11.8 Å². The molecule has 1 unspecified atom stereocenters. The molecular weight excluding hydrogens is 188 g/mol. The van der Waals surface area contributed by atoms with E-state index >= 15 is 0 Å². The molecule has 0 saturated heterocycles. The Hall–Kier alpha value is -0.243. The molecule has 0 bridgehead atoms. The normalized spacial score (nSPS) is 15.4. The van der Waals surface area contributed by atoms with Crippen LogP contribution in [0, 0.1) is 5.92 Å². The summed E-state index contributed by atoms with van der Waals surface area (Å²) >= 11 is 0. The summed E-state index contributed by atoms with van der Waals surface area (Å²) < 4.78 is 6.09. The molecule has 0 aromatic heterocycles. The second-order valence-electron chi connectivity index (χ2n) is 4.92. The average molecular weight is 214 g/mol. The zero-order valence-corrected chi connectivity index (χ0v) is 11.7. The first-order valence-electron chi connectivity index (χ1n) is 5.79. The maximum Gasteiger partial charge on any atom is 0.241 e. The molecule has 14 heavy (non-hydrogen) atoms. The van der Waals surface area contributed by atoms with Gasteiger partial charge < -0.3 is 4.43 Å². The van der Waals surface area contributed by atoms with Crippen LogP contribution >= 0.6 is 0 Å². The lowest BCUT2D eigenvalue weighted by atomic mass is 10.0. The lowest BCUT2D eigenvalue weighted by Crippen LogP contribution is -2.26. The maximum atomic E-state index is 6.09. The molecule has 1 atom stereocenters. The summed E-state index contributed by atoms with van der Waals surface area (Å²) in [6, 6.07) is 0. The van der Waals surface area contributed by atoms with E-state index in [9.17, 15) is 0 Å². The summed E-state index contributed by atoms with van der Waals surface area (Å²) in [5.74, 6) is 1.82. The van der Waals surface area contributed by atoms with Gasteiger partial charge in [-0.1, -0.05) is 27.2 Å². The highest BCUT2D eigenvalue weighted by atomic mass is 28.4. The largest absolute Gasteiger partial charge is 0.547 e. The monoisotopic (exact) mass is 214 g/mol. The van der Waals surface area contributed by atoms with Crippen LogP contribution < -0.4 is 0 Å². The Morgan fingerprint density at radius 2 is 1.86 bits per heavy atom. The molecule has 1 nitrogen and oxygen atoms in total. The van der Waals surface area contributed by atoms with Gasteiger partial charge in [0.25, 0.3) is 0 Å². The minimum atomic E-state index is -1.42. The lowest BCUT2D eigenvalue weighted by Gasteiger charge is -2.25. The summed E-state index contributed by atoms with van der Waals surface area (Å²) in [5.41, 5.74) is 0. The van der Waals surface area contributed by atoms with Crippen LogP contribution in [0.3, 0.4) is 0 Å². The van der Waals surface area contributed by atoms with Gasteiger partial charge in [0.1, 0.15) is 0 Å². The van der Waals surface area contributed by atoms with Crippen molar-refractivity contribution >= 4 is 8.32 Å². The molecule has 0 aliphatic carbocycles. The Morgan fingerprint density at radius 1 is 1.29 bits per heavy atom. The van der Waals surface area contributed by atoms with E-state index in [-0.39, 0.29) is 0 Å². The zero-order valence-electron chi connectivity index (χ0n) is 10.7. The van der Waals surface area contributed by atoms with Crippen molar-refractivity contribution in [2.45, 2.75) is 59.7 Å². The van der Waals surface area contributed by atoms with Gasteiger partial charge in [-0.15, -0.1) is 0 Å². The molecule has 0 rings (SSSR count). The number of hydrogen-bond acceptors (Lipinski definition) is 1. The van der Waals surface area contributed by atoms with E-state index in [1.54, 1.807) is 0 Å². The van der Waals surface area contributed by atoms with E-state index in [0.717, 1.165) is 6.42 Å². The van der Waals surface area contributed by atoms with Crippen LogP contribution in [0.4, 0.5) is 0 Å². The van der Waals surface area contributed by atoms with Crippen LogP contribution in [0.5, 0.6) is 0 Å². The van der Waals surface area contributed by atoms with Crippen LogP contribution in [0.25, 0.3) is 0 Å². The zero-order chi connectivity index (χ0) is 11.2. The third kappa shape index (κ3) is 6.25. The van der Waals surface area contributed by atoms with E-state index in [1.807, 2.05) is 0 Å². The molecule has 0 N–H and O–H groups in total. The fourth-order valence-electron chi connectivity index (χ4n) is 1.47.